The molecule has 1 rings (SSSR count). The molecule has 0 unspecified atom stereocenters. The zero-order valence-corrected chi connectivity index (χ0v) is 11.8. The Morgan fingerprint density at radius 3 is 2.37 bits per heavy atom. The number of likely N-dealkylation sites (N-methyl/N-ethyl adjacent to an activating group) is 1. The molecule has 0 aliphatic carbocycles. The smallest absolute Gasteiger partial charge is 0.332 e. The molecule has 1 N–H and O–H groups in total. The van der Waals surface area contributed by atoms with Crippen LogP contribution < -0.4 is 0 Å². The summed E-state index contributed by atoms with van der Waals surface area (Å²) in [5.74, 6) is -0.872. The fourth-order valence-electron chi connectivity index (χ4n) is 1.66. The molecule has 1 aromatic carbocycles. The lowest BCUT2D eigenvalue weighted by molar-refractivity contribution is -0.132. The zero-order chi connectivity index (χ0) is 14.3. The highest BCUT2D eigenvalue weighted by atomic mass is 16.4. The van der Waals surface area contributed by atoms with E-state index in [2.05, 4.69) is 4.90 Å². The van der Waals surface area contributed by atoms with E-state index in [-0.39, 0.29) is 0 Å². The number of hydrogen-bond acceptors (Lipinski definition) is 3. The number of rotatable bonds is 7. The normalized spacial score (nSPS) is 11.7. The third kappa shape index (κ3) is 6.06. The second-order valence-corrected chi connectivity index (χ2v) is 4.88. The van der Waals surface area contributed by atoms with Crippen molar-refractivity contribution in [2.75, 3.05) is 27.2 Å². The summed E-state index contributed by atoms with van der Waals surface area (Å²) in [6, 6.07) is 10.1. The minimum absolute atomic E-state index is 0.356. The molecule has 0 saturated carbocycles. The van der Waals surface area contributed by atoms with Crippen LogP contribution in [-0.2, 0) is 11.3 Å². The molecule has 0 heterocycles. The van der Waals surface area contributed by atoms with Gasteiger partial charge in [0, 0.05) is 31.4 Å². The molecule has 0 aliphatic rings. The van der Waals surface area contributed by atoms with Crippen LogP contribution in [0.2, 0.25) is 0 Å². The van der Waals surface area contributed by atoms with Crippen LogP contribution in [0.5, 0.6) is 0 Å². The van der Waals surface area contributed by atoms with E-state index in [1.54, 1.807) is 13.1 Å². The maximum absolute atomic E-state index is 10.9. The molecule has 0 aliphatic heterocycles. The minimum atomic E-state index is -0.872. The van der Waals surface area contributed by atoms with Crippen molar-refractivity contribution in [3.8, 4) is 0 Å². The molecule has 0 aromatic heterocycles. The van der Waals surface area contributed by atoms with Crippen LogP contribution in [0.1, 0.15) is 12.5 Å². The van der Waals surface area contributed by atoms with Crippen LogP contribution in [0.4, 0.5) is 0 Å². The number of nitrogens with zero attached hydrogens (tertiary/aromatic N) is 2. The Labute approximate surface area is 115 Å². The van der Waals surface area contributed by atoms with Crippen molar-refractivity contribution >= 4 is 5.97 Å². The van der Waals surface area contributed by atoms with E-state index >= 15 is 0 Å². The van der Waals surface area contributed by atoms with Crippen LogP contribution in [-0.4, -0.2) is 48.1 Å². The summed E-state index contributed by atoms with van der Waals surface area (Å²) in [5.41, 5.74) is 1.53. The van der Waals surface area contributed by atoms with E-state index in [4.69, 9.17) is 5.11 Å². The maximum Gasteiger partial charge on any atom is 0.332 e. The summed E-state index contributed by atoms with van der Waals surface area (Å²) in [6.45, 7) is 4.03. The quantitative estimate of drug-likeness (QED) is 0.764. The lowest BCUT2D eigenvalue weighted by atomic mass is 10.2. The summed E-state index contributed by atoms with van der Waals surface area (Å²) in [5, 5.41) is 8.97. The van der Waals surface area contributed by atoms with E-state index in [1.165, 1.54) is 5.56 Å². The van der Waals surface area contributed by atoms with E-state index in [0.717, 1.165) is 19.6 Å². The van der Waals surface area contributed by atoms with Crippen molar-refractivity contribution in [1.82, 2.24) is 9.80 Å². The fourth-order valence-corrected chi connectivity index (χ4v) is 1.66. The van der Waals surface area contributed by atoms with Crippen LogP contribution in [0.15, 0.2) is 42.1 Å². The topological polar surface area (TPSA) is 43.8 Å². The van der Waals surface area contributed by atoms with Crippen molar-refractivity contribution in [3.63, 3.8) is 0 Å². The molecule has 0 amide bonds. The van der Waals surface area contributed by atoms with E-state index in [0.29, 0.717) is 5.57 Å². The maximum atomic E-state index is 10.9. The summed E-state index contributed by atoms with van der Waals surface area (Å²) in [7, 11) is 4.02. The third-order valence-electron chi connectivity index (χ3n) is 2.78. The predicted octanol–water partition coefficient (Wildman–Crippen LogP) is 2.04. The van der Waals surface area contributed by atoms with Gasteiger partial charge in [-0.2, -0.15) is 0 Å². The second-order valence-electron chi connectivity index (χ2n) is 4.88. The van der Waals surface area contributed by atoms with Gasteiger partial charge in [0.1, 0.15) is 0 Å². The molecule has 0 radical (unpaired) electrons. The van der Waals surface area contributed by atoms with Gasteiger partial charge in [0.25, 0.3) is 0 Å². The van der Waals surface area contributed by atoms with Gasteiger partial charge in [-0.1, -0.05) is 30.3 Å². The number of carboxylic acids is 1. The number of benzene rings is 1. The van der Waals surface area contributed by atoms with Gasteiger partial charge in [-0.25, -0.2) is 4.79 Å². The monoisotopic (exact) mass is 262 g/mol. The summed E-state index contributed by atoms with van der Waals surface area (Å²) in [4.78, 5) is 15.0. The average Bonchev–Trinajstić information content (AvgIpc) is 2.37. The SMILES string of the molecule is CC(=CN(CCN(C)C)Cc1ccccc1)C(=O)O. The minimum Gasteiger partial charge on any atom is -0.478 e. The molecule has 104 valence electrons. The van der Waals surface area contributed by atoms with E-state index in [1.807, 2.05) is 49.3 Å². The van der Waals surface area contributed by atoms with E-state index < -0.39 is 5.97 Å². The Hall–Kier alpha value is -1.81. The first kappa shape index (κ1) is 15.2. The summed E-state index contributed by atoms with van der Waals surface area (Å²) >= 11 is 0. The molecule has 0 fully saturated rings. The second kappa shape index (κ2) is 7.59. The number of carboxylic acid groups (broad SMARTS) is 1. The first-order valence-corrected chi connectivity index (χ1v) is 6.33. The number of hydrogen-bond donors (Lipinski definition) is 1. The van der Waals surface area contributed by atoms with Crippen LogP contribution >= 0.6 is 0 Å². The predicted molar refractivity (Wildman–Crippen MR) is 76.8 cm³/mol. The molecule has 0 spiro atoms. The summed E-state index contributed by atoms with van der Waals surface area (Å²) in [6.07, 6.45) is 1.72. The van der Waals surface area contributed by atoms with Gasteiger partial charge in [0.05, 0.1) is 0 Å². The lowest BCUT2D eigenvalue weighted by Crippen LogP contribution is -2.28. The molecule has 0 atom stereocenters. The molecule has 1 aromatic rings. The van der Waals surface area contributed by atoms with Crippen LogP contribution in [0.25, 0.3) is 0 Å². The molecular weight excluding hydrogens is 240 g/mol. The van der Waals surface area contributed by atoms with Crippen molar-refractivity contribution in [2.45, 2.75) is 13.5 Å². The van der Waals surface area contributed by atoms with Crippen molar-refractivity contribution < 1.29 is 9.90 Å². The highest BCUT2D eigenvalue weighted by molar-refractivity contribution is 5.85. The number of aliphatic carboxylic acids is 1. The Morgan fingerprint density at radius 1 is 1.21 bits per heavy atom. The molecule has 4 nitrogen and oxygen atoms in total. The van der Waals surface area contributed by atoms with Gasteiger partial charge in [-0.15, -0.1) is 0 Å². The highest BCUT2D eigenvalue weighted by Crippen LogP contribution is 2.07. The highest BCUT2D eigenvalue weighted by Gasteiger charge is 2.06. The van der Waals surface area contributed by atoms with Gasteiger partial charge in [0.2, 0.25) is 0 Å². The first-order chi connectivity index (χ1) is 8.99. The Balaban J connectivity index is 2.74. The third-order valence-corrected chi connectivity index (χ3v) is 2.78. The van der Waals surface area contributed by atoms with Gasteiger partial charge in [0.15, 0.2) is 0 Å². The fraction of sp³-hybridized carbons (Fsp3) is 0.400. The van der Waals surface area contributed by atoms with Gasteiger partial charge in [-0.3, -0.25) is 0 Å². The Bertz CT molecular complexity index is 427. The van der Waals surface area contributed by atoms with Gasteiger partial charge < -0.3 is 14.9 Å². The summed E-state index contributed by atoms with van der Waals surface area (Å²) < 4.78 is 0. The first-order valence-electron chi connectivity index (χ1n) is 6.33. The van der Waals surface area contributed by atoms with Gasteiger partial charge >= 0.3 is 5.97 Å². The van der Waals surface area contributed by atoms with Crippen LogP contribution in [0.3, 0.4) is 0 Å². The Morgan fingerprint density at radius 2 is 1.84 bits per heavy atom. The molecular formula is C15H22N2O2. The molecule has 0 saturated heterocycles. The van der Waals surface area contributed by atoms with E-state index in [9.17, 15) is 4.79 Å². The molecule has 0 bridgehead atoms. The lowest BCUT2D eigenvalue weighted by Gasteiger charge is -2.23. The average molecular weight is 262 g/mol. The molecule has 4 heteroatoms. The van der Waals surface area contributed by atoms with Crippen LogP contribution in [0, 0.1) is 0 Å². The standard InChI is InChI=1S/C15H22N2O2/c1-13(15(18)19)11-17(10-9-16(2)3)12-14-7-5-4-6-8-14/h4-8,11H,9-10,12H2,1-3H3,(H,18,19). The zero-order valence-electron chi connectivity index (χ0n) is 11.8. The van der Waals surface area contributed by atoms with Crippen molar-refractivity contribution in [3.05, 3.63) is 47.7 Å². The number of carbonyl (C=O) groups is 1. The van der Waals surface area contributed by atoms with Gasteiger partial charge in [-0.05, 0) is 26.6 Å². The Kier molecular flexibility index (Phi) is 6.09. The van der Waals surface area contributed by atoms with Crippen molar-refractivity contribution in [1.29, 1.82) is 0 Å². The largest absolute Gasteiger partial charge is 0.478 e. The molecule has 19 heavy (non-hydrogen) atoms. The van der Waals surface area contributed by atoms with Crippen molar-refractivity contribution in [2.24, 2.45) is 0 Å².